The Morgan fingerprint density at radius 1 is 1.18 bits per heavy atom. The average Bonchev–Trinajstić information content (AvgIpc) is 3.21. The quantitative estimate of drug-likeness (QED) is 0.755. The Hall–Kier alpha value is -2.05. The van der Waals surface area contributed by atoms with Crippen LogP contribution in [0.2, 0.25) is 0 Å². The van der Waals surface area contributed by atoms with Gasteiger partial charge in [0.1, 0.15) is 5.01 Å². The predicted octanol–water partition coefficient (Wildman–Crippen LogP) is 3.24. The summed E-state index contributed by atoms with van der Waals surface area (Å²) in [6, 6.07) is 7.58. The predicted molar refractivity (Wildman–Crippen MR) is 89.0 cm³/mol. The number of carbonyl (C=O) groups excluding carboxylic acids is 1. The molecule has 0 aromatic carbocycles. The molecule has 0 saturated carbocycles. The van der Waals surface area contributed by atoms with Crippen LogP contribution in [0.5, 0.6) is 0 Å². The zero-order valence-corrected chi connectivity index (χ0v) is 13.4. The van der Waals surface area contributed by atoms with E-state index in [4.69, 9.17) is 0 Å². The number of thiophene rings is 1. The Kier molecular flexibility index (Phi) is 4.92. The third kappa shape index (κ3) is 3.99. The maximum absolute atomic E-state index is 12.3. The molecule has 1 atom stereocenters. The minimum atomic E-state index is -0.0918. The normalized spacial score (nSPS) is 12.0. The third-order valence-electron chi connectivity index (χ3n) is 3.17. The van der Waals surface area contributed by atoms with Crippen molar-refractivity contribution in [2.24, 2.45) is 0 Å². The summed E-state index contributed by atoms with van der Waals surface area (Å²) in [5.41, 5.74) is 1.98. The molecular weight excluding hydrogens is 314 g/mol. The lowest BCUT2D eigenvalue weighted by Gasteiger charge is -2.16. The highest BCUT2D eigenvalue weighted by Crippen LogP contribution is 2.22. The SMILES string of the molecule is O=C(Cc1ccccn1)NC(Cc1ccsc1)c1nccs1. The lowest BCUT2D eigenvalue weighted by molar-refractivity contribution is -0.121. The van der Waals surface area contributed by atoms with Crippen LogP contribution in [0.15, 0.2) is 52.8 Å². The first-order chi connectivity index (χ1) is 10.8. The molecule has 0 aliphatic rings. The zero-order valence-electron chi connectivity index (χ0n) is 11.8. The summed E-state index contributed by atoms with van der Waals surface area (Å²) >= 11 is 3.22. The molecule has 3 rings (SSSR count). The molecule has 0 bridgehead atoms. The van der Waals surface area contributed by atoms with E-state index in [0.29, 0.717) is 0 Å². The molecule has 0 radical (unpaired) electrons. The average molecular weight is 329 g/mol. The molecule has 3 aromatic heterocycles. The first-order valence-electron chi connectivity index (χ1n) is 6.91. The summed E-state index contributed by atoms with van der Waals surface area (Å²) in [5.74, 6) is -0.0332. The van der Waals surface area contributed by atoms with Crippen molar-refractivity contribution in [2.45, 2.75) is 18.9 Å². The van der Waals surface area contributed by atoms with Crippen LogP contribution in [-0.2, 0) is 17.6 Å². The summed E-state index contributed by atoms with van der Waals surface area (Å²) in [4.78, 5) is 20.8. The van der Waals surface area contributed by atoms with Gasteiger partial charge < -0.3 is 5.32 Å². The number of hydrogen-bond donors (Lipinski definition) is 1. The van der Waals surface area contributed by atoms with Crippen molar-refractivity contribution in [3.63, 3.8) is 0 Å². The second kappa shape index (κ2) is 7.29. The van der Waals surface area contributed by atoms with Gasteiger partial charge in [0.15, 0.2) is 0 Å². The Morgan fingerprint density at radius 2 is 2.14 bits per heavy atom. The Balaban J connectivity index is 1.68. The summed E-state index contributed by atoms with van der Waals surface area (Å²) < 4.78 is 0. The molecule has 22 heavy (non-hydrogen) atoms. The van der Waals surface area contributed by atoms with Crippen molar-refractivity contribution in [3.05, 3.63) is 69.1 Å². The summed E-state index contributed by atoms with van der Waals surface area (Å²) in [5, 5.41) is 10.1. The maximum atomic E-state index is 12.3. The van der Waals surface area contributed by atoms with Crippen molar-refractivity contribution in [1.29, 1.82) is 0 Å². The fourth-order valence-electron chi connectivity index (χ4n) is 2.16. The topological polar surface area (TPSA) is 54.9 Å². The lowest BCUT2D eigenvalue weighted by Crippen LogP contribution is -2.31. The highest BCUT2D eigenvalue weighted by Gasteiger charge is 2.18. The number of pyridine rings is 1. The molecule has 3 heterocycles. The standard InChI is InChI=1S/C16H15N3OS2/c20-15(10-13-3-1-2-5-17-13)19-14(16-18-6-8-22-16)9-12-4-7-21-11-12/h1-8,11,14H,9-10H2,(H,19,20). The molecule has 3 aromatic rings. The van der Waals surface area contributed by atoms with E-state index < -0.39 is 0 Å². The number of amides is 1. The van der Waals surface area contributed by atoms with Crippen molar-refractivity contribution >= 4 is 28.6 Å². The van der Waals surface area contributed by atoms with E-state index in [-0.39, 0.29) is 18.4 Å². The number of carbonyl (C=O) groups is 1. The minimum Gasteiger partial charge on any atom is -0.346 e. The van der Waals surface area contributed by atoms with E-state index >= 15 is 0 Å². The van der Waals surface area contributed by atoms with Crippen LogP contribution >= 0.6 is 22.7 Å². The van der Waals surface area contributed by atoms with Crippen LogP contribution in [0.1, 0.15) is 22.3 Å². The van der Waals surface area contributed by atoms with Crippen molar-refractivity contribution in [1.82, 2.24) is 15.3 Å². The van der Waals surface area contributed by atoms with E-state index in [2.05, 4.69) is 26.7 Å². The number of aromatic nitrogens is 2. The first-order valence-corrected chi connectivity index (χ1v) is 8.73. The second-order valence-corrected chi connectivity index (χ2v) is 6.53. The summed E-state index contributed by atoms with van der Waals surface area (Å²) in [6.07, 6.45) is 4.51. The maximum Gasteiger partial charge on any atom is 0.226 e. The molecule has 1 unspecified atom stereocenters. The van der Waals surface area contributed by atoms with Gasteiger partial charge in [-0.2, -0.15) is 11.3 Å². The van der Waals surface area contributed by atoms with Gasteiger partial charge in [0, 0.05) is 29.9 Å². The van der Waals surface area contributed by atoms with Gasteiger partial charge >= 0.3 is 0 Å². The van der Waals surface area contributed by atoms with E-state index in [1.54, 1.807) is 35.1 Å². The highest BCUT2D eigenvalue weighted by molar-refractivity contribution is 7.09. The van der Waals surface area contributed by atoms with Crippen molar-refractivity contribution in [2.75, 3.05) is 0 Å². The molecule has 4 nitrogen and oxygen atoms in total. The van der Waals surface area contributed by atoms with Crippen LogP contribution in [0.3, 0.4) is 0 Å². The van der Waals surface area contributed by atoms with Gasteiger partial charge in [-0.25, -0.2) is 4.98 Å². The molecule has 0 spiro atoms. The number of hydrogen-bond acceptors (Lipinski definition) is 5. The smallest absolute Gasteiger partial charge is 0.226 e. The minimum absolute atomic E-state index is 0.0332. The third-order valence-corrected chi connectivity index (χ3v) is 4.79. The van der Waals surface area contributed by atoms with E-state index in [0.717, 1.165) is 17.1 Å². The molecule has 0 aliphatic heterocycles. The van der Waals surface area contributed by atoms with Crippen LogP contribution in [0.25, 0.3) is 0 Å². The van der Waals surface area contributed by atoms with Crippen LogP contribution in [0, 0.1) is 0 Å². The molecule has 0 saturated heterocycles. The largest absolute Gasteiger partial charge is 0.346 e. The Morgan fingerprint density at radius 3 is 2.82 bits per heavy atom. The molecule has 1 N–H and O–H groups in total. The monoisotopic (exact) mass is 329 g/mol. The van der Waals surface area contributed by atoms with Gasteiger partial charge in [-0.15, -0.1) is 11.3 Å². The van der Waals surface area contributed by atoms with Crippen LogP contribution < -0.4 is 5.32 Å². The number of nitrogens with one attached hydrogen (secondary N) is 1. The zero-order chi connectivity index (χ0) is 15.2. The van der Waals surface area contributed by atoms with Gasteiger partial charge in [-0.1, -0.05) is 6.07 Å². The van der Waals surface area contributed by atoms with Gasteiger partial charge in [0.2, 0.25) is 5.91 Å². The molecule has 0 fully saturated rings. The van der Waals surface area contributed by atoms with E-state index in [1.807, 2.05) is 29.0 Å². The van der Waals surface area contributed by atoms with Gasteiger partial charge in [-0.05, 0) is 34.5 Å². The molecule has 6 heteroatoms. The second-order valence-electron chi connectivity index (χ2n) is 4.82. The highest BCUT2D eigenvalue weighted by atomic mass is 32.1. The fraction of sp³-hybridized carbons (Fsp3) is 0.188. The van der Waals surface area contributed by atoms with Gasteiger partial charge in [0.05, 0.1) is 12.5 Å². The molecule has 0 aliphatic carbocycles. The Labute approximate surface area is 136 Å². The van der Waals surface area contributed by atoms with E-state index in [1.165, 1.54) is 5.56 Å². The summed E-state index contributed by atoms with van der Waals surface area (Å²) in [6.45, 7) is 0. The van der Waals surface area contributed by atoms with Crippen LogP contribution in [0.4, 0.5) is 0 Å². The van der Waals surface area contributed by atoms with Gasteiger partial charge in [-0.3, -0.25) is 9.78 Å². The number of nitrogens with zero attached hydrogens (tertiary/aromatic N) is 2. The molecular formula is C16H15N3OS2. The Bertz CT molecular complexity index is 696. The molecule has 1 amide bonds. The van der Waals surface area contributed by atoms with Crippen molar-refractivity contribution < 1.29 is 4.79 Å². The number of rotatable bonds is 6. The first kappa shape index (κ1) is 14.9. The van der Waals surface area contributed by atoms with Gasteiger partial charge in [0.25, 0.3) is 0 Å². The van der Waals surface area contributed by atoms with Crippen LogP contribution in [-0.4, -0.2) is 15.9 Å². The summed E-state index contributed by atoms with van der Waals surface area (Å²) in [7, 11) is 0. The molecule has 112 valence electrons. The number of thiazole rings is 1. The van der Waals surface area contributed by atoms with Crippen molar-refractivity contribution in [3.8, 4) is 0 Å². The fourth-order valence-corrected chi connectivity index (χ4v) is 3.53. The van der Waals surface area contributed by atoms with E-state index in [9.17, 15) is 4.79 Å². The lowest BCUT2D eigenvalue weighted by atomic mass is 10.1.